The number of hydrogen-bond acceptors (Lipinski definition) is 2. The van der Waals surface area contributed by atoms with Crippen molar-refractivity contribution in [3.63, 3.8) is 0 Å². The Kier molecular flexibility index (Phi) is 3.13. The maximum Gasteiger partial charge on any atom is 0.150 e. The summed E-state index contributed by atoms with van der Waals surface area (Å²) < 4.78 is 21.9. The fourth-order valence-electron chi connectivity index (χ4n) is 1.20. The van der Waals surface area contributed by atoms with E-state index in [1.165, 1.54) is 0 Å². The van der Waals surface area contributed by atoms with E-state index in [2.05, 4.69) is 15.9 Å². The molecule has 0 aliphatic carbocycles. The van der Waals surface area contributed by atoms with E-state index in [9.17, 15) is 8.42 Å². The van der Waals surface area contributed by atoms with E-state index >= 15 is 0 Å². The van der Waals surface area contributed by atoms with Crippen LogP contribution in [0.2, 0.25) is 0 Å². The minimum atomic E-state index is -2.68. The van der Waals surface area contributed by atoms with Crippen molar-refractivity contribution in [3.8, 4) is 0 Å². The molecule has 0 saturated carbocycles. The SMILES string of the molecule is O=S1(=O)CCC(/C=C/Br)CC1. The molecule has 4 heteroatoms. The Bertz CT molecular complexity index is 229. The van der Waals surface area contributed by atoms with Crippen molar-refractivity contribution < 1.29 is 8.42 Å². The van der Waals surface area contributed by atoms with Gasteiger partial charge in [-0.1, -0.05) is 22.0 Å². The summed E-state index contributed by atoms with van der Waals surface area (Å²) in [5.74, 6) is 1.17. The third-order valence-electron chi connectivity index (χ3n) is 1.94. The molecule has 1 saturated heterocycles. The highest BCUT2D eigenvalue weighted by molar-refractivity contribution is 9.11. The Labute approximate surface area is 75.7 Å². The smallest absolute Gasteiger partial charge is 0.150 e. The van der Waals surface area contributed by atoms with Gasteiger partial charge < -0.3 is 0 Å². The molecule has 1 rings (SSSR count). The van der Waals surface area contributed by atoms with E-state index in [1.807, 2.05) is 11.1 Å². The summed E-state index contributed by atoms with van der Waals surface area (Å²) in [6.07, 6.45) is 3.59. The third kappa shape index (κ3) is 2.95. The first-order chi connectivity index (χ1) is 5.14. The second-order valence-electron chi connectivity index (χ2n) is 2.81. The van der Waals surface area contributed by atoms with Crippen LogP contribution in [0.1, 0.15) is 12.8 Å². The topological polar surface area (TPSA) is 34.1 Å². The fourth-order valence-corrected chi connectivity index (χ4v) is 3.16. The van der Waals surface area contributed by atoms with E-state index in [4.69, 9.17) is 0 Å². The number of halogens is 1. The summed E-state index contributed by atoms with van der Waals surface area (Å²) in [7, 11) is -2.68. The zero-order valence-corrected chi connectivity index (χ0v) is 8.57. The first kappa shape index (κ1) is 9.26. The minimum Gasteiger partial charge on any atom is -0.229 e. The average Bonchev–Trinajstić information content (AvgIpc) is 1.94. The molecule has 0 unspecified atom stereocenters. The van der Waals surface area contributed by atoms with Crippen LogP contribution in [0.25, 0.3) is 0 Å². The molecule has 0 atom stereocenters. The van der Waals surface area contributed by atoms with Crippen molar-refractivity contribution in [2.45, 2.75) is 12.8 Å². The van der Waals surface area contributed by atoms with Gasteiger partial charge in [-0.05, 0) is 23.7 Å². The van der Waals surface area contributed by atoms with Crippen LogP contribution < -0.4 is 0 Å². The summed E-state index contributed by atoms with van der Waals surface area (Å²) in [6, 6.07) is 0. The summed E-state index contributed by atoms with van der Waals surface area (Å²) in [6.45, 7) is 0. The van der Waals surface area contributed by atoms with Gasteiger partial charge in [-0.2, -0.15) is 0 Å². The van der Waals surface area contributed by atoms with Gasteiger partial charge in [0.05, 0.1) is 11.5 Å². The lowest BCUT2D eigenvalue weighted by Crippen LogP contribution is -2.21. The van der Waals surface area contributed by atoms with Gasteiger partial charge in [0.2, 0.25) is 0 Å². The lowest BCUT2D eigenvalue weighted by atomic mass is 10.0. The molecule has 1 fully saturated rings. The zero-order valence-electron chi connectivity index (χ0n) is 6.16. The predicted octanol–water partition coefficient (Wildman–Crippen LogP) is 1.72. The molecule has 0 aromatic carbocycles. The van der Waals surface area contributed by atoms with Crippen molar-refractivity contribution in [2.24, 2.45) is 5.92 Å². The molecule has 0 radical (unpaired) electrons. The van der Waals surface area contributed by atoms with Crippen LogP contribution in [0.15, 0.2) is 11.1 Å². The van der Waals surface area contributed by atoms with E-state index in [1.54, 1.807) is 0 Å². The van der Waals surface area contributed by atoms with Crippen molar-refractivity contribution in [2.75, 3.05) is 11.5 Å². The molecule has 1 heterocycles. The van der Waals surface area contributed by atoms with Crippen molar-refractivity contribution >= 4 is 25.8 Å². The van der Waals surface area contributed by atoms with Gasteiger partial charge in [0, 0.05) is 0 Å². The van der Waals surface area contributed by atoms with Gasteiger partial charge in [0.15, 0.2) is 0 Å². The van der Waals surface area contributed by atoms with Crippen LogP contribution in [-0.2, 0) is 9.84 Å². The summed E-state index contributed by atoms with van der Waals surface area (Å²) in [5.41, 5.74) is 0. The van der Waals surface area contributed by atoms with Gasteiger partial charge in [0.25, 0.3) is 0 Å². The molecule has 0 N–H and O–H groups in total. The Balaban J connectivity index is 2.49. The lowest BCUT2D eigenvalue weighted by Gasteiger charge is -2.17. The van der Waals surface area contributed by atoms with E-state index in [0.29, 0.717) is 17.4 Å². The number of allylic oxidation sites excluding steroid dienone is 1. The molecular weight excluding hydrogens is 228 g/mol. The molecule has 64 valence electrons. The molecule has 1 aliphatic heterocycles. The van der Waals surface area contributed by atoms with Crippen LogP contribution in [0.5, 0.6) is 0 Å². The molecule has 11 heavy (non-hydrogen) atoms. The Morgan fingerprint density at radius 2 is 1.82 bits per heavy atom. The Hall–Kier alpha value is 0.170. The van der Waals surface area contributed by atoms with Gasteiger partial charge in [-0.3, -0.25) is 0 Å². The Morgan fingerprint density at radius 1 is 1.27 bits per heavy atom. The minimum absolute atomic E-state index is 0.356. The van der Waals surface area contributed by atoms with Gasteiger partial charge >= 0.3 is 0 Å². The molecule has 0 aromatic rings. The van der Waals surface area contributed by atoms with Crippen LogP contribution >= 0.6 is 15.9 Å². The van der Waals surface area contributed by atoms with Gasteiger partial charge in [0.1, 0.15) is 9.84 Å². The molecule has 0 amide bonds. The van der Waals surface area contributed by atoms with Crippen molar-refractivity contribution in [3.05, 3.63) is 11.1 Å². The van der Waals surface area contributed by atoms with Crippen LogP contribution in [0, 0.1) is 5.92 Å². The summed E-state index contributed by atoms with van der Waals surface area (Å²) in [4.78, 5) is 1.82. The molecule has 0 aromatic heterocycles. The van der Waals surface area contributed by atoms with E-state index in [-0.39, 0.29) is 0 Å². The zero-order chi connectivity index (χ0) is 8.32. The molecule has 2 nitrogen and oxygen atoms in total. The second kappa shape index (κ2) is 3.72. The standard InChI is InChI=1S/C7H11BrO2S/c8-4-1-7-2-5-11(9,10)6-3-7/h1,4,7H,2-3,5-6H2/b4-1+. The molecule has 0 bridgehead atoms. The number of hydrogen-bond donors (Lipinski definition) is 0. The lowest BCUT2D eigenvalue weighted by molar-refractivity contribution is 0.535. The third-order valence-corrected chi connectivity index (χ3v) is 3.96. The fraction of sp³-hybridized carbons (Fsp3) is 0.714. The highest BCUT2D eigenvalue weighted by Gasteiger charge is 2.21. The van der Waals surface area contributed by atoms with E-state index in [0.717, 1.165) is 12.8 Å². The van der Waals surface area contributed by atoms with Crippen molar-refractivity contribution in [1.29, 1.82) is 0 Å². The van der Waals surface area contributed by atoms with Crippen LogP contribution in [-0.4, -0.2) is 19.9 Å². The molecule has 0 spiro atoms. The second-order valence-corrected chi connectivity index (χ2v) is 5.64. The van der Waals surface area contributed by atoms with Gasteiger partial charge in [-0.15, -0.1) is 0 Å². The highest BCUT2D eigenvalue weighted by Crippen LogP contribution is 2.20. The monoisotopic (exact) mass is 238 g/mol. The predicted molar refractivity (Wildman–Crippen MR) is 49.4 cm³/mol. The average molecular weight is 239 g/mol. The first-order valence-corrected chi connectivity index (χ1v) is 6.35. The summed E-state index contributed by atoms with van der Waals surface area (Å²) >= 11 is 3.18. The Morgan fingerprint density at radius 3 is 2.27 bits per heavy atom. The van der Waals surface area contributed by atoms with Crippen LogP contribution in [0.3, 0.4) is 0 Å². The summed E-state index contributed by atoms with van der Waals surface area (Å²) in [5, 5.41) is 0. The first-order valence-electron chi connectivity index (χ1n) is 3.61. The maximum absolute atomic E-state index is 11.0. The largest absolute Gasteiger partial charge is 0.229 e. The molecular formula is C7H11BrO2S. The van der Waals surface area contributed by atoms with Crippen LogP contribution in [0.4, 0.5) is 0 Å². The number of rotatable bonds is 1. The molecule has 1 aliphatic rings. The normalized spacial score (nSPS) is 25.9. The quantitative estimate of drug-likeness (QED) is 0.698. The number of sulfone groups is 1. The van der Waals surface area contributed by atoms with E-state index < -0.39 is 9.84 Å². The highest BCUT2D eigenvalue weighted by atomic mass is 79.9. The van der Waals surface area contributed by atoms with Gasteiger partial charge in [-0.25, -0.2) is 8.42 Å². The maximum atomic E-state index is 11.0. The van der Waals surface area contributed by atoms with Crippen molar-refractivity contribution in [1.82, 2.24) is 0 Å².